The van der Waals surface area contributed by atoms with Crippen molar-refractivity contribution in [3.05, 3.63) is 84.2 Å². The molecule has 2 aromatic heterocycles. The number of benzene rings is 2. The summed E-state index contributed by atoms with van der Waals surface area (Å²) in [4.78, 5) is 4.72. The van der Waals surface area contributed by atoms with Crippen molar-refractivity contribution < 1.29 is 0 Å². The normalized spacial score (nSPS) is 11.0. The van der Waals surface area contributed by atoms with Crippen LogP contribution in [0.25, 0.3) is 28.0 Å². The van der Waals surface area contributed by atoms with Gasteiger partial charge in [-0.2, -0.15) is 0 Å². The molecule has 23 heavy (non-hydrogen) atoms. The van der Waals surface area contributed by atoms with E-state index < -0.39 is 0 Å². The lowest BCUT2D eigenvalue weighted by atomic mass is 10.1. The monoisotopic (exact) mass is 298 g/mol. The zero-order valence-electron chi connectivity index (χ0n) is 13.3. The fourth-order valence-corrected chi connectivity index (χ4v) is 2.77. The molecule has 112 valence electrons. The fourth-order valence-electron chi connectivity index (χ4n) is 2.77. The van der Waals surface area contributed by atoms with Crippen molar-refractivity contribution in [1.82, 2.24) is 9.38 Å². The summed E-state index contributed by atoms with van der Waals surface area (Å²) in [6.45, 7) is 4.21. The summed E-state index contributed by atoms with van der Waals surface area (Å²) in [6.07, 6.45) is 4.24. The maximum Gasteiger partial charge on any atom is 0.137 e. The lowest BCUT2D eigenvalue weighted by molar-refractivity contribution is 1.19. The first-order chi connectivity index (χ1) is 11.2. The molecule has 0 unspecified atom stereocenters. The molecule has 0 N–H and O–H groups in total. The number of fused-ring (bicyclic) bond motifs is 1. The lowest BCUT2D eigenvalue weighted by Gasteiger charge is -2.03. The molecule has 0 spiro atoms. The van der Waals surface area contributed by atoms with Crippen LogP contribution in [0.3, 0.4) is 0 Å². The van der Waals surface area contributed by atoms with Gasteiger partial charge in [-0.25, -0.2) is 4.98 Å². The Hall–Kier alpha value is -2.87. The first-order valence-electron chi connectivity index (χ1n) is 7.82. The van der Waals surface area contributed by atoms with Crippen LogP contribution in [-0.4, -0.2) is 9.38 Å². The maximum absolute atomic E-state index is 4.72. The summed E-state index contributed by atoms with van der Waals surface area (Å²) < 4.78 is 2.10. The highest BCUT2D eigenvalue weighted by Gasteiger charge is 2.06. The molecule has 2 aromatic carbocycles. The van der Waals surface area contributed by atoms with E-state index >= 15 is 0 Å². The van der Waals surface area contributed by atoms with Crippen LogP contribution in [0.2, 0.25) is 0 Å². The molecule has 2 heterocycles. The molecule has 0 fully saturated rings. The Morgan fingerprint density at radius 1 is 0.609 bits per heavy atom. The molecular formula is C21H18N2. The zero-order valence-corrected chi connectivity index (χ0v) is 13.3. The molecule has 0 aliphatic heterocycles. The average molecular weight is 298 g/mol. The van der Waals surface area contributed by atoms with Crippen LogP contribution in [0.4, 0.5) is 0 Å². The van der Waals surface area contributed by atoms with Crippen molar-refractivity contribution in [2.24, 2.45) is 0 Å². The predicted molar refractivity (Wildman–Crippen MR) is 95.5 cm³/mol. The van der Waals surface area contributed by atoms with Crippen LogP contribution in [0.1, 0.15) is 11.1 Å². The van der Waals surface area contributed by atoms with Gasteiger partial charge in [-0.05, 0) is 37.1 Å². The highest BCUT2D eigenvalue weighted by atomic mass is 15.0. The molecule has 4 rings (SSSR count). The Labute approximate surface area is 136 Å². The summed E-state index contributed by atoms with van der Waals surface area (Å²) in [5.74, 6) is 0. The third kappa shape index (κ3) is 2.64. The smallest absolute Gasteiger partial charge is 0.137 e. The third-order valence-corrected chi connectivity index (χ3v) is 4.18. The number of hydrogen-bond donors (Lipinski definition) is 0. The SMILES string of the molecule is Cc1ccc(-c2ccc3nc(-c4ccc(C)cc4)cn3c2)cc1. The highest BCUT2D eigenvalue weighted by Crippen LogP contribution is 2.24. The molecule has 0 radical (unpaired) electrons. The van der Waals surface area contributed by atoms with E-state index in [2.05, 4.69) is 91.3 Å². The van der Waals surface area contributed by atoms with Gasteiger partial charge < -0.3 is 4.40 Å². The highest BCUT2D eigenvalue weighted by molar-refractivity contribution is 5.68. The van der Waals surface area contributed by atoms with Gasteiger partial charge in [0.1, 0.15) is 5.65 Å². The van der Waals surface area contributed by atoms with Crippen molar-refractivity contribution in [3.63, 3.8) is 0 Å². The van der Waals surface area contributed by atoms with Crippen molar-refractivity contribution in [2.45, 2.75) is 13.8 Å². The minimum atomic E-state index is 0.969. The van der Waals surface area contributed by atoms with Crippen LogP contribution in [0.5, 0.6) is 0 Å². The van der Waals surface area contributed by atoms with Gasteiger partial charge in [0, 0.05) is 18.0 Å². The zero-order chi connectivity index (χ0) is 15.8. The van der Waals surface area contributed by atoms with Gasteiger partial charge in [0.25, 0.3) is 0 Å². The topological polar surface area (TPSA) is 17.3 Å². The predicted octanol–water partition coefficient (Wildman–Crippen LogP) is 5.29. The van der Waals surface area contributed by atoms with E-state index in [1.54, 1.807) is 0 Å². The number of rotatable bonds is 2. The average Bonchev–Trinajstić information content (AvgIpc) is 2.99. The summed E-state index contributed by atoms with van der Waals surface area (Å²) in [7, 11) is 0. The molecule has 0 bridgehead atoms. The van der Waals surface area contributed by atoms with E-state index in [4.69, 9.17) is 4.98 Å². The summed E-state index contributed by atoms with van der Waals surface area (Å²) in [5.41, 5.74) is 8.09. The van der Waals surface area contributed by atoms with Crippen molar-refractivity contribution in [1.29, 1.82) is 0 Å². The van der Waals surface area contributed by atoms with Crippen LogP contribution in [0, 0.1) is 13.8 Å². The number of aryl methyl sites for hydroxylation is 2. The van der Waals surface area contributed by atoms with Gasteiger partial charge in [-0.1, -0.05) is 59.7 Å². The van der Waals surface area contributed by atoms with Gasteiger partial charge in [0.15, 0.2) is 0 Å². The van der Waals surface area contributed by atoms with Crippen molar-refractivity contribution in [2.75, 3.05) is 0 Å². The molecule has 4 aromatic rings. The largest absolute Gasteiger partial charge is 0.306 e. The standard InChI is InChI=1S/C21H18N2/c1-15-3-7-17(8-4-15)19-11-12-21-22-20(14-23(21)13-19)18-9-5-16(2)6-10-18/h3-14H,1-2H3. The summed E-state index contributed by atoms with van der Waals surface area (Å²) in [6, 6.07) is 21.3. The molecule has 0 saturated carbocycles. The number of nitrogens with zero attached hydrogens (tertiary/aromatic N) is 2. The molecule has 0 saturated heterocycles. The van der Waals surface area contributed by atoms with E-state index in [-0.39, 0.29) is 0 Å². The molecule has 0 aliphatic carbocycles. The lowest BCUT2D eigenvalue weighted by Crippen LogP contribution is -1.85. The second-order valence-electron chi connectivity index (χ2n) is 6.04. The van der Waals surface area contributed by atoms with Gasteiger partial charge >= 0.3 is 0 Å². The second kappa shape index (κ2) is 5.40. The Kier molecular flexibility index (Phi) is 3.23. The van der Waals surface area contributed by atoms with Gasteiger partial charge in [0.05, 0.1) is 5.69 Å². The molecular weight excluding hydrogens is 280 g/mol. The molecule has 2 heteroatoms. The van der Waals surface area contributed by atoms with Crippen LogP contribution >= 0.6 is 0 Å². The quantitative estimate of drug-likeness (QED) is 0.492. The van der Waals surface area contributed by atoms with E-state index in [1.807, 2.05) is 0 Å². The van der Waals surface area contributed by atoms with Gasteiger partial charge in [0.2, 0.25) is 0 Å². The Bertz CT molecular complexity index is 918. The first-order valence-corrected chi connectivity index (χ1v) is 7.82. The van der Waals surface area contributed by atoms with Crippen molar-refractivity contribution in [3.8, 4) is 22.4 Å². The minimum Gasteiger partial charge on any atom is -0.306 e. The van der Waals surface area contributed by atoms with Crippen LogP contribution in [0.15, 0.2) is 73.1 Å². The minimum absolute atomic E-state index is 0.969. The first kappa shape index (κ1) is 13.8. The summed E-state index contributed by atoms with van der Waals surface area (Å²) >= 11 is 0. The van der Waals surface area contributed by atoms with E-state index in [0.29, 0.717) is 0 Å². The molecule has 0 atom stereocenters. The second-order valence-corrected chi connectivity index (χ2v) is 6.04. The number of aromatic nitrogens is 2. The van der Waals surface area contributed by atoms with Crippen LogP contribution in [-0.2, 0) is 0 Å². The molecule has 0 aliphatic rings. The number of hydrogen-bond acceptors (Lipinski definition) is 1. The molecule has 0 amide bonds. The Morgan fingerprint density at radius 2 is 1.17 bits per heavy atom. The van der Waals surface area contributed by atoms with Crippen LogP contribution < -0.4 is 0 Å². The third-order valence-electron chi connectivity index (χ3n) is 4.18. The number of imidazole rings is 1. The number of pyridine rings is 1. The Balaban J connectivity index is 1.77. The van der Waals surface area contributed by atoms with Gasteiger partial charge in [-0.15, -0.1) is 0 Å². The van der Waals surface area contributed by atoms with E-state index in [0.717, 1.165) is 16.9 Å². The molecule has 2 nitrogen and oxygen atoms in total. The van der Waals surface area contributed by atoms with Gasteiger partial charge in [-0.3, -0.25) is 0 Å². The maximum atomic E-state index is 4.72. The van der Waals surface area contributed by atoms with E-state index in [9.17, 15) is 0 Å². The Morgan fingerprint density at radius 3 is 1.83 bits per heavy atom. The fraction of sp³-hybridized carbons (Fsp3) is 0.0952. The van der Waals surface area contributed by atoms with Crippen molar-refractivity contribution >= 4 is 5.65 Å². The summed E-state index contributed by atoms with van der Waals surface area (Å²) in [5, 5.41) is 0. The van der Waals surface area contributed by atoms with E-state index in [1.165, 1.54) is 22.3 Å².